The van der Waals surface area contributed by atoms with Crippen LogP contribution in [0.1, 0.15) is 28.4 Å². The van der Waals surface area contributed by atoms with Crippen LogP contribution in [-0.2, 0) is 0 Å². The van der Waals surface area contributed by atoms with E-state index in [2.05, 4.69) is 21.2 Å². The summed E-state index contributed by atoms with van der Waals surface area (Å²) in [5.41, 5.74) is 2.56. The van der Waals surface area contributed by atoms with Gasteiger partial charge in [0.05, 0.1) is 13.2 Å². The lowest BCUT2D eigenvalue weighted by molar-refractivity contribution is 0.0976. The van der Waals surface area contributed by atoms with Crippen LogP contribution < -0.4 is 10.1 Å². The number of ketones is 1. The predicted molar refractivity (Wildman–Crippen MR) is 114 cm³/mol. The summed E-state index contributed by atoms with van der Waals surface area (Å²) in [6.07, 6.45) is 0.320. The molecule has 1 N–H and O–H groups in total. The van der Waals surface area contributed by atoms with E-state index in [9.17, 15) is 4.79 Å². The van der Waals surface area contributed by atoms with Gasteiger partial charge in [0.2, 0.25) is 0 Å². The van der Waals surface area contributed by atoms with E-state index in [1.807, 2.05) is 48.5 Å². The fraction of sp³-hybridized carbons (Fsp3) is 0.136. The van der Waals surface area contributed by atoms with Gasteiger partial charge in [-0.25, -0.2) is 0 Å². The highest BCUT2D eigenvalue weighted by atomic mass is 79.9. The summed E-state index contributed by atoms with van der Waals surface area (Å²) >= 11 is 9.56. The molecule has 3 aromatic carbocycles. The van der Waals surface area contributed by atoms with E-state index in [0.717, 1.165) is 21.5 Å². The minimum absolute atomic E-state index is 0.0556. The molecule has 0 saturated carbocycles. The summed E-state index contributed by atoms with van der Waals surface area (Å²) in [4.78, 5) is 12.8. The lowest BCUT2D eigenvalue weighted by Gasteiger charge is -2.20. The molecule has 0 aliphatic carbocycles. The van der Waals surface area contributed by atoms with Gasteiger partial charge in [-0.3, -0.25) is 4.79 Å². The van der Waals surface area contributed by atoms with Crippen LogP contribution in [0, 0.1) is 0 Å². The highest BCUT2D eigenvalue weighted by molar-refractivity contribution is 9.10. The number of benzene rings is 3. The topological polar surface area (TPSA) is 38.3 Å². The number of nitrogens with one attached hydrogen (secondary N) is 1. The minimum atomic E-state index is -0.175. The smallest absolute Gasteiger partial charge is 0.165 e. The molecule has 0 aliphatic rings. The number of anilines is 1. The lowest BCUT2D eigenvalue weighted by atomic mass is 9.97. The van der Waals surface area contributed by atoms with E-state index >= 15 is 0 Å². The van der Waals surface area contributed by atoms with Gasteiger partial charge in [0.15, 0.2) is 5.78 Å². The molecule has 0 bridgehead atoms. The minimum Gasteiger partial charge on any atom is -0.497 e. The zero-order chi connectivity index (χ0) is 19.2. The average molecular weight is 445 g/mol. The average Bonchev–Trinajstić information content (AvgIpc) is 2.68. The van der Waals surface area contributed by atoms with Crippen molar-refractivity contribution in [1.82, 2.24) is 0 Å². The number of carbonyl (C=O) groups is 1. The molecule has 3 aromatic rings. The number of rotatable bonds is 7. The Labute approximate surface area is 172 Å². The maximum atomic E-state index is 12.8. The molecule has 5 heteroatoms. The maximum absolute atomic E-state index is 12.8. The first kappa shape index (κ1) is 19.5. The van der Waals surface area contributed by atoms with Crippen LogP contribution in [0.5, 0.6) is 5.75 Å². The second kappa shape index (κ2) is 9.07. The van der Waals surface area contributed by atoms with Gasteiger partial charge in [-0.15, -0.1) is 0 Å². The summed E-state index contributed by atoms with van der Waals surface area (Å²) in [5, 5.41) is 4.08. The van der Waals surface area contributed by atoms with Crippen LogP contribution in [0.15, 0.2) is 77.3 Å². The molecule has 0 unspecified atom stereocenters. The summed E-state index contributed by atoms with van der Waals surface area (Å²) in [6, 6.07) is 22.5. The summed E-state index contributed by atoms with van der Waals surface area (Å²) in [5.74, 6) is 0.785. The van der Waals surface area contributed by atoms with Crippen molar-refractivity contribution >= 4 is 39.0 Å². The molecule has 27 heavy (non-hydrogen) atoms. The second-order valence-corrected chi connectivity index (χ2v) is 7.47. The molecule has 0 radical (unpaired) electrons. The van der Waals surface area contributed by atoms with Crippen molar-refractivity contribution in [3.8, 4) is 5.75 Å². The molecule has 0 heterocycles. The molecule has 138 valence electrons. The Hall–Kier alpha value is -2.30. The van der Waals surface area contributed by atoms with Gasteiger partial charge < -0.3 is 10.1 Å². The molecule has 0 amide bonds. The fourth-order valence-corrected chi connectivity index (χ4v) is 3.26. The van der Waals surface area contributed by atoms with Crippen LogP contribution >= 0.6 is 27.5 Å². The van der Waals surface area contributed by atoms with Crippen LogP contribution in [0.4, 0.5) is 5.69 Å². The normalized spacial score (nSPS) is 11.7. The number of hydrogen-bond donors (Lipinski definition) is 1. The molecular weight excluding hydrogens is 426 g/mol. The molecule has 1 atom stereocenters. The Morgan fingerprint density at radius 3 is 2.41 bits per heavy atom. The van der Waals surface area contributed by atoms with Crippen LogP contribution in [-0.4, -0.2) is 12.9 Å². The van der Waals surface area contributed by atoms with Crippen molar-refractivity contribution in [2.24, 2.45) is 0 Å². The van der Waals surface area contributed by atoms with E-state index in [1.54, 1.807) is 31.4 Å². The van der Waals surface area contributed by atoms with Gasteiger partial charge in [0.25, 0.3) is 0 Å². The number of ether oxygens (including phenoxy) is 1. The first-order valence-electron chi connectivity index (χ1n) is 8.50. The standard InChI is InChI=1S/C22H19BrClNO2/c1-27-20-11-7-16(8-12-20)22(26)14-21(15-5-9-17(23)10-6-15)25-19-4-2-3-18(24)13-19/h2-13,21,25H,14H2,1H3/t21-/m1/s1. The Kier molecular flexibility index (Phi) is 6.54. The van der Waals surface area contributed by atoms with Crippen LogP contribution in [0.25, 0.3) is 0 Å². The monoisotopic (exact) mass is 443 g/mol. The summed E-state index contributed by atoms with van der Waals surface area (Å²) in [6.45, 7) is 0. The molecule has 3 nitrogen and oxygen atoms in total. The Morgan fingerprint density at radius 2 is 1.78 bits per heavy atom. The zero-order valence-electron chi connectivity index (χ0n) is 14.8. The Bertz CT molecular complexity index is 910. The lowest BCUT2D eigenvalue weighted by Crippen LogP contribution is -2.16. The van der Waals surface area contributed by atoms with E-state index in [4.69, 9.17) is 16.3 Å². The van der Waals surface area contributed by atoms with Crippen molar-refractivity contribution in [3.05, 3.63) is 93.4 Å². The molecular formula is C22H19BrClNO2. The van der Waals surface area contributed by atoms with Gasteiger partial charge >= 0.3 is 0 Å². The molecule has 3 rings (SSSR count). The highest BCUT2D eigenvalue weighted by Gasteiger charge is 2.18. The number of carbonyl (C=O) groups excluding carboxylic acids is 1. The summed E-state index contributed by atoms with van der Waals surface area (Å²) in [7, 11) is 1.61. The van der Waals surface area contributed by atoms with E-state index in [-0.39, 0.29) is 11.8 Å². The first-order valence-corrected chi connectivity index (χ1v) is 9.67. The Balaban J connectivity index is 1.84. The van der Waals surface area contributed by atoms with Crippen LogP contribution in [0.2, 0.25) is 5.02 Å². The van der Waals surface area contributed by atoms with Gasteiger partial charge in [0, 0.05) is 27.2 Å². The van der Waals surface area contributed by atoms with Crippen molar-refractivity contribution < 1.29 is 9.53 Å². The zero-order valence-corrected chi connectivity index (χ0v) is 17.1. The van der Waals surface area contributed by atoms with Gasteiger partial charge in [-0.2, -0.15) is 0 Å². The highest BCUT2D eigenvalue weighted by Crippen LogP contribution is 2.27. The maximum Gasteiger partial charge on any atom is 0.165 e. The molecule has 0 fully saturated rings. The van der Waals surface area contributed by atoms with Gasteiger partial charge in [0.1, 0.15) is 5.75 Å². The van der Waals surface area contributed by atoms with Crippen molar-refractivity contribution in [3.63, 3.8) is 0 Å². The van der Waals surface area contributed by atoms with Crippen LogP contribution in [0.3, 0.4) is 0 Å². The third-order valence-electron chi connectivity index (χ3n) is 4.24. The predicted octanol–water partition coefficient (Wildman–Crippen LogP) is 6.54. The van der Waals surface area contributed by atoms with Crippen molar-refractivity contribution in [1.29, 1.82) is 0 Å². The second-order valence-electron chi connectivity index (χ2n) is 6.11. The van der Waals surface area contributed by atoms with Crippen molar-refractivity contribution in [2.45, 2.75) is 12.5 Å². The van der Waals surface area contributed by atoms with Gasteiger partial charge in [-0.05, 0) is 60.2 Å². The first-order chi connectivity index (χ1) is 13.0. The third kappa shape index (κ3) is 5.34. The third-order valence-corrected chi connectivity index (χ3v) is 5.00. The number of hydrogen-bond acceptors (Lipinski definition) is 3. The van der Waals surface area contributed by atoms with Crippen molar-refractivity contribution in [2.75, 3.05) is 12.4 Å². The molecule has 0 aromatic heterocycles. The number of Topliss-reactive ketones (excluding diaryl/α,β-unsaturated/α-hetero) is 1. The quantitative estimate of drug-likeness (QED) is 0.421. The largest absolute Gasteiger partial charge is 0.497 e. The molecule has 0 aliphatic heterocycles. The molecule has 0 spiro atoms. The molecule has 0 saturated heterocycles. The summed E-state index contributed by atoms with van der Waals surface area (Å²) < 4.78 is 6.15. The number of methoxy groups -OCH3 is 1. The van der Waals surface area contributed by atoms with Gasteiger partial charge in [-0.1, -0.05) is 45.7 Å². The van der Waals surface area contributed by atoms with E-state index < -0.39 is 0 Å². The van der Waals surface area contributed by atoms with E-state index in [1.165, 1.54) is 0 Å². The fourth-order valence-electron chi connectivity index (χ4n) is 2.81. The SMILES string of the molecule is COc1ccc(C(=O)C[C@@H](Nc2cccc(Cl)c2)c2ccc(Br)cc2)cc1. The van der Waals surface area contributed by atoms with E-state index in [0.29, 0.717) is 17.0 Å². The number of halogens is 2. The Morgan fingerprint density at radius 1 is 1.07 bits per heavy atom.